The van der Waals surface area contributed by atoms with E-state index in [1.165, 1.54) is 7.11 Å². The summed E-state index contributed by atoms with van der Waals surface area (Å²) in [6.07, 6.45) is -0.542. The summed E-state index contributed by atoms with van der Waals surface area (Å²) in [6.45, 7) is 1.68. The van der Waals surface area contributed by atoms with Gasteiger partial charge >= 0.3 is 0 Å². The number of methoxy groups -OCH3 is 1. The van der Waals surface area contributed by atoms with Crippen molar-refractivity contribution in [1.29, 1.82) is 0 Å². The summed E-state index contributed by atoms with van der Waals surface area (Å²) in [7, 11) is 1.54. The smallest absolute Gasteiger partial charge is 0.265 e. The van der Waals surface area contributed by atoms with Gasteiger partial charge in [-0.3, -0.25) is 9.59 Å². The van der Waals surface area contributed by atoms with Gasteiger partial charge in [-0.2, -0.15) is 0 Å². The van der Waals surface area contributed by atoms with Crippen molar-refractivity contribution in [2.45, 2.75) is 13.0 Å². The van der Waals surface area contributed by atoms with Gasteiger partial charge in [0.2, 0.25) is 0 Å². The summed E-state index contributed by atoms with van der Waals surface area (Å²) in [5.41, 5.74) is 1.51. The molecule has 3 aromatic carbocycles. The first-order valence-corrected chi connectivity index (χ1v) is 8.55. The molecular formula is C21H18N2O4. The fraction of sp³-hybridized carbons (Fsp3) is 0.143. The first-order chi connectivity index (χ1) is 13.0. The summed E-state index contributed by atoms with van der Waals surface area (Å²) in [6, 6.07) is 16.5. The number of rotatable bonds is 3. The second kappa shape index (κ2) is 6.64. The Kier molecular flexibility index (Phi) is 4.16. The molecule has 0 radical (unpaired) electrons. The Bertz CT molecular complexity index is 1060. The summed E-state index contributed by atoms with van der Waals surface area (Å²) >= 11 is 0. The quantitative estimate of drug-likeness (QED) is 0.743. The third kappa shape index (κ3) is 3.17. The summed E-state index contributed by atoms with van der Waals surface area (Å²) < 4.78 is 10.9. The molecule has 1 heterocycles. The zero-order valence-corrected chi connectivity index (χ0v) is 14.9. The standard InChI is InChI=1S/C21H18N2O4/c1-12-20(24)23-17-11-15(7-8-18(17)27-12)22-21(25)16-9-13-5-3-4-6-14(13)10-19(16)26-2/h3-12H,1-2H3,(H,22,25)(H,23,24)/t12-/m1/s1. The van der Waals surface area contributed by atoms with E-state index in [2.05, 4.69) is 10.6 Å². The molecule has 2 amide bonds. The number of hydrogen-bond acceptors (Lipinski definition) is 4. The number of benzene rings is 3. The molecule has 0 fully saturated rings. The third-order valence-corrected chi connectivity index (χ3v) is 4.48. The van der Waals surface area contributed by atoms with Gasteiger partial charge in [-0.25, -0.2) is 0 Å². The zero-order valence-electron chi connectivity index (χ0n) is 14.9. The fourth-order valence-electron chi connectivity index (χ4n) is 3.05. The van der Waals surface area contributed by atoms with Crippen LogP contribution < -0.4 is 20.1 Å². The average molecular weight is 362 g/mol. The van der Waals surface area contributed by atoms with E-state index in [1.807, 2.05) is 30.3 Å². The predicted octanol–water partition coefficient (Wildman–Crippen LogP) is 3.82. The first kappa shape index (κ1) is 16.9. The van der Waals surface area contributed by atoms with Gasteiger partial charge in [0.1, 0.15) is 11.5 Å². The van der Waals surface area contributed by atoms with Crippen molar-refractivity contribution in [1.82, 2.24) is 0 Å². The normalized spacial score (nSPS) is 15.5. The van der Waals surface area contributed by atoms with Crippen molar-refractivity contribution < 1.29 is 19.1 Å². The van der Waals surface area contributed by atoms with Crippen LogP contribution in [0.15, 0.2) is 54.6 Å². The molecule has 0 saturated carbocycles. The lowest BCUT2D eigenvalue weighted by molar-refractivity contribution is -0.122. The number of hydrogen-bond donors (Lipinski definition) is 2. The Morgan fingerprint density at radius 3 is 2.59 bits per heavy atom. The molecule has 0 aliphatic carbocycles. The van der Waals surface area contributed by atoms with Crippen LogP contribution in [0.3, 0.4) is 0 Å². The van der Waals surface area contributed by atoms with Gasteiger partial charge in [0.05, 0.1) is 18.4 Å². The highest BCUT2D eigenvalue weighted by Gasteiger charge is 2.24. The minimum Gasteiger partial charge on any atom is -0.496 e. The number of ether oxygens (including phenoxy) is 2. The minimum absolute atomic E-state index is 0.220. The van der Waals surface area contributed by atoms with E-state index >= 15 is 0 Å². The Morgan fingerprint density at radius 1 is 1.11 bits per heavy atom. The van der Waals surface area contributed by atoms with Gasteiger partial charge in [0, 0.05) is 5.69 Å². The number of anilines is 2. The van der Waals surface area contributed by atoms with Crippen LogP contribution in [0.1, 0.15) is 17.3 Å². The number of amides is 2. The fourth-order valence-corrected chi connectivity index (χ4v) is 3.05. The largest absolute Gasteiger partial charge is 0.496 e. The van der Waals surface area contributed by atoms with Crippen molar-refractivity contribution >= 4 is 34.0 Å². The molecule has 6 heteroatoms. The number of carbonyl (C=O) groups excluding carboxylic acids is 2. The molecule has 6 nitrogen and oxygen atoms in total. The van der Waals surface area contributed by atoms with Crippen LogP contribution in [0.2, 0.25) is 0 Å². The maximum Gasteiger partial charge on any atom is 0.265 e. The van der Waals surface area contributed by atoms with E-state index < -0.39 is 6.10 Å². The molecule has 0 unspecified atom stereocenters. The molecule has 0 bridgehead atoms. The molecule has 1 aliphatic rings. The van der Waals surface area contributed by atoms with Gasteiger partial charge in [-0.1, -0.05) is 24.3 Å². The van der Waals surface area contributed by atoms with E-state index in [-0.39, 0.29) is 11.8 Å². The maximum absolute atomic E-state index is 12.8. The van der Waals surface area contributed by atoms with Crippen LogP contribution >= 0.6 is 0 Å². The van der Waals surface area contributed by atoms with E-state index in [0.717, 1.165) is 10.8 Å². The molecule has 0 spiro atoms. The van der Waals surface area contributed by atoms with Crippen LogP contribution in [0.5, 0.6) is 11.5 Å². The highest BCUT2D eigenvalue weighted by atomic mass is 16.5. The van der Waals surface area contributed by atoms with E-state index in [4.69, 9.17) is 9.47 Å². The van der Waals surface area contributed by atoms with Gasteiger partial charge in [-0.05, 0) is 48.0 Å². The molecule has 1 aliphatic heterocycles. The summed E-state index contributed by atoms with van der Waals surface area (Å²) in [4.78, 5) is 24.6. The molecule has 1 atom stereocenters. The van der Waals surface area contributed by atoms with Gasteiger partial charge in [0.25, 0.3) is 11.8 Å². The Morgan fingerprint density at radius 2 is 1.85 bits per heavy atom. The number of nitrogens with one attached hydrogen (secondary N) is 2. The van der Waals surface area contributed by atoms with Crippen molar-refractivity contribution in [3.05, 3.63) is 60.2 Å². The topological polar surface area (TPSA) is 76.7 Å². The summed E-state index contributed by atoms with van der Waals surface area (Å²) in [5.74, 6) is 0.550. The van der Waals surface area contributed by atoms with Crippen molar-refractivity contribution in [2.75, 3.05) is 17.7 Å². The first-order valence-electron chi connectivity index (χ1n) is 8.55. The molecule has 0 saturated heterocycles. The monoisotopic (exact) mass is 362 g/mol. The molecule has 27 heavy (non-hydrogen) atoms. The van der Waals surface area contributed by atoms with Crippen LogP contribution in [0.4, 0.5) is 11.4 Å². The van der Waals surface area contributed by atoms with E-state index in [1.54, 1.807) is 31.2 Å². The van der Waals surface area contributed by atoms with Crippen molar-refractivity contribution in [3.8, 4) is 11.5 Å². The highest BCUT2D eigenvalue weighted by Crippen LogP contribution is 2.33. The second-order valence-electron chi connectivity index (χ2n) is 6.31. The number of carbonyl (C=O) groups is 2. The van der Waals surface area contributed by atoms with Crippen LogP contribution in [-0.4, -0.2) is 25.0 Å². The lowest BCUT2D eigenvalue weighted by atomic mass is 10.1. The second-order valence-corrected chi connectivity index (χ2v) is 6.31. The van der Waals surface area contributed by atoms with Crippen LogP contribution in [0.25, 0.3) is 10.8 Å². The maximum atomic E-state index is 12.8. The van der Waals surface area contributed by atoms with E-state index in [0.29, 0.717) is 28.4 Å². The molecule has 3 aromatic rings. The molecule has 4 rings (SSSR count). The predicted molar refractivity (Wildman–Crippen MR) is 104 cm³/mol. The van der Waals surface area contributed by atoms with Crippen LogP contribution in [-0.2, 0) is 4.79 Å². The van der Waals surface area contributed by atoms with Crippen LogP contribution in [0, 0.1) is 0 Å². The third-order valence-electron chi connectivity index (χ3n) is 4.48. The Hall–Kier alpha value is -3.54. The lowest BCUT2D eigenvalue weighted by Crippen LogP contribution is -2.34. The zero-order chi connectivity index (χ0) is 19.0. The van der Waals surface area contributed by atoms with E-state index in [9.17, 15) is 9.59 Å². The molecule has 2 N–H and O–H groups in total. The van der Waals surface area contributed by atoms with Gasteiger partial charge in [-0.15, -0.1) is 0 Å². The average Bonchev–Trinajstić information content (AvgIpc) is 2.68. The summed E-state index contributed by atoms with van der Waals surface area (Å²) in [5, 5.41) is 7.56. The Labute approximate surface area is 156 Å². The molecule has 0 aromatic heterocycles. The number of fused-ring (bicyclic) bond motifs is 2. The van der Waals surface area contributed by atoms with Gasteiger partial charge < -0.3 is 20.1 Å². The SMILES string of the molecule is COc1cc2ccccc2cc1C(=O)Nc1ccc2c(c1)NC(=O)[C@@H](C)O2. The lowest BCUT2D eigenvalue weighted by Gasteiger charge is -2.23. The minimum atomic E-state index is -0.542. The van der Waals surface area contributed by atoms with Crippen molar-refractivity contribution in [2.24, 2.45) is 0 Å². The van der Waals surface area contributed by atoms with Gasteiger partial charge in [0.15, 0.2) is 6.10 Å². The van der Waals surface area contributed by atoms with Crippen molar-refractivity contribution in [3.63, 3.8) is 0 Å². The Balaban J connectivity index is 1.64. The molecular weight excluding hydrogens is 344 g/mol. The highest BCUT2D eigenvalue weighted by molar-refractivity contribution is 6.09. The molecule has 136 valence electrons.